The van der Waals surface area contributed by atoms with E-state index < -0.39 is 0 Å². The average molecular weight is 420 g/mol. The summed E-state index contributed by atoms with van der Waals surface area (Å²) in [6, 6.07) is 7.62. The molecule has 3 nitrogen and oxygen atoms in total. The predicted molar refractivity (Wildman–Crippen MR) is 89.0 cm³/mol. The minimum Gasteiger partial charge on any atom is -0.491 e. The van der Waals surface area contributed by atoms with E-state index in [0.29, 0.717) is 24.5 Å². The molecular formula is C14H11ClINO2S. The highest BCUT2D eigenvalue weighted by atomic mass is 127. The Bertz CT molecular complexity index is 658. The van der Waals surface area contributed by atoms with Crippen LogP contribution in [0.15, 0.2) is 29.6 Å². The van der Waals surface area contributed by atoms with Crippen molar-refractivity contribution in [2.45, 2.75) is 5.38 Å². The van der Waals surface area contributed by atoms with Gasteiger partial charge >= 0.3 is 0 Å². The van der Waals surface area contributed by atoms with Gasteiger partial charge in [0.05, 0.1) is 20.4 Å². The number of hydrogen-bond acceptors (Lipinski definition) is 3. The van der Waals surface area contributed by atoms with Crippen LogP contribution in [0.5, 0.6) is 5.75 Å². The summed E-state index contributed by atoms with van der Waals surface area (Å²) < 4.78 is 6.73. The van der Waals surface area contributed by atoms with Gasteiger partial charge in [-0.25, -0.2) is 0 Å². The molecule has 1 amide bonds. The molecule has 0 aliphatic carbocycles. The number of fused-ring (bicyclic) bond motifs is 1. The van der Waals surface area contributed by atoms with Crippen molar-refractivity contribution in [3.05, 3.63) is 49.2 Å². The van der Waals surface area contributed by atoms with Gasteiger partial charge in [-0.15, -0.1) is 22.9 Å². The van der Waals surface area contributed by atoms with Gasteiger partial charge in [-0.3, -0.25) is 4.79 Å². The summed E-state index contributed by atoms with van der Waals surface area (Å²) in [4.78, 5) is 12.0. The number of nitrogens with one attached hydrogen (secondary N) is 1. The van der Waals surface area contributed by atoms with E-state index in [1.807, 2.05) is 23.6 Å². The number of alkyl halides is 1. The number of hydrogen-bond donors (Lipinski definition) is 1. The van der Waals surface area contributed by atoms with Crippen LogP contribution in [0.2, 0.25) is 0 Å². The van der Waals surface area contributed by atoms with E-state index in [2.05, 4.69) is 34.0 Å². The van der Waals surface area contributed by atoms with Crippen LogP contribution in [0.1, 0.15) is 26.9 Å². The van der Waals surface area contributed by atoms with Crippen LogP contribution >= 0.6 is 45.5 Å². The molecule has 0 bridgehead atoms. The molecule has 1 aliphatic rings. The Hall–Kier alpha value is -0.790. The van der Waals surface area contributed by atoms with E-state index >= 15 is 0 Å². The number of benzene rings is 1. The zero-order chi connectivity index (χ0) is 14.1. The van der Waals surface area contributed by atoms with Crippen LogP contribution in [0.25, 0.3) is 0 Å². The Kier molecular flexibility index (Phi) is 4.18. The molecule has 1 aromatic carbocycles. The molecule has 0 radical (unpaired) electrons. The maximum absolute atomic E-state index is 12.0. The first-order chi connectivity index (χ1) is 9.65. The molecule has 1 N–H and O–H groups in total. The van der Waals surface area contributed by atoms with Crippen LogP contribution in [-0.4, -0.2) is 19.1 Å². The van der Waals surface area contributed by atoms with Gasteiger partial charge in [0.15, 0.2) is 0 Å². The fourth-order valence-electron chi connectivity index (χ4n) is 2.08. The Morgan fingerprint density at radius 3 is 2.95 bits per heavy atom. The maximum atomic E-state index is 12.0. The molecule has 1 unspecified atom stereocenters. The van der Waals surface area contributed by atoms with Crippen LogP contribution in [-0.2, 0) is 0 Å². The Labute approximate surface area is 139 Å². The lowest BCUT2D eigenvalue weighted by molar-refractivity contribution is 0.0957. The lowest BCUT2D eigenvalue weighted by atomic mass is 10.0. The number of ether oxygens (including phenoxy) is 1. The van der Waals surface area contributed by atoms with Gasteiger partial charge in [0.2, 0.25) is 0 Å². The molecule has 2 aromatic rings. The second-order valence-electron chi connectivity index (χ2n) is 4.41. The second kappa shape index (κ2) is 5.91. The molecule has 0 saturated heterocycles. The summed E-state index contributed by atoms with van der Waals surface area (Å²) in [5, 5.41) is 4.59. The van der Waals surface area contributed by atoms with Crippen molar-refractivity contribution in [2.24, 2.45) is 0 Å². The number of carbonyl (C=O) groups excluding carboxylic acids is 1. The fraction of sp³-hybridized carbons (Fsp3) is 0.214. The van der Waals surface area contributed by atoms with E-state index in [1.165, 1.54) is 2.88 Å². The molecule has 0 saturated carbocycles. The number of rotatable bonds is 2. The van der Waals surface area contributed by atoms with Gasteiger partial charge in [0.1, 0.15) is 12.4 Å². The van der Waals surface area contributed by atoms with Gasteiger partial charge in [0, 0.05) is 0 Å². The minimum atomic E-state index is -0.254. The van der Waals surface area contributed by atoms with Crippen molar-refractivity contribution in [1.29, 1.82) is 0 Å². The smallest absolute Gasteiger partial charge is 0.255 e. The van der Waals surface area contributed by atoms with Crippen molar-refractivity contribution in [3.63, 3.8) is 0 Å². The molecule has 104 valence electrons. The van der Waals surface area contributed by atoms with Gasteiger partial charge in [-0.05, 0) is 57.3 Å². The van der Waals surface area contributed by atoms with Crippen LogP contribution in [0.4, 0.5) is 0 Å². The molecule has 1 aromatic heterocycles. The third kappa shape index (κ3) is 2.80. The van der Waals surface area contributed by atoms with E-state index in [1.54, 1.807) is 11.3 Å². The lowest BCUT2D eigenvalue weighted by Crippen LogP contribution is -2.24. The number of amides is 1. The Morgan fingerprint density at radius 2 is 2.20 bits per heavy atom. The molecule has 1 aliphatic heterocycles. The van der Waals surface area contributed by atoms with Gasteiger partial charge in [0.25, 0.3) is 5.91 Å². The van der Waals surface area contributed by atoms with E-state index in [0.717, 1.165) is 11.1 Å². The largest absolute Gasteiger partial charge is 0.491 e. The molecule has 20 heavy (non-hydrogen) atoms. The molecule has 3 rings (SSSR count). The second-order valence-corrected chi connectivity index (χ2v) is 7.65. The normalized spacial score (nSPS) is 15.8. The van der Waals surface area contributed by atoms with Gasteiger partial charge < -0.3 is 10.1 Å². The number of halogens is 2. The van der Waals surface area contributed by atoms with Crippen molar-refractivity contribution in [2.75, 3.05) is 13.2 Å². The monoisotopic (exact) mass is 419 g/mol. The Morgan fingerprint density at radius 1 is 1.35 bits per heavy atom. The summed E-state index contributed by atoms with van der Waals surface area (Å²) in [6.07, 6.45) is 0. The first-order valence-electron chi connectivity index (χ1n) is 6.08. The van der Waals surface area contributed by atoms with Gasteiger partial charge in [-0.2, -0.15) is 0 Å². The lowest BCUT2D eigenvalue weighted by Gasteiger charge is -2.11. The zero-order valence-electron chi connectivity index (χ0n) is 10.4. The van der Waals surface area contributed by atoms with E-state index in [4.69, 9.17) is 16.3 Å². The third-order valence-electron chi connectivity index (χ3n) is 3.07. The summed E-state index contributed by atoms with van der Waals surface area (Å²) in [5.41, 5.74) is 2.51. The summed E-state index contributed by atoms with van der Waals surface area (Å²) in [7, 11) is 0. The molecule has 0 spiro atoms. The summed E-state index contributed by atoms with van der Waals surface area (Å²) in [5.74, 6) is 0.510. The van der Waals surface area contributed by atoms with E-state index in [-0.39, 0.29) is 11.3 Å². The Balaban J connectivity index is 1.97. The first-order valence-corrected chi connectivity index (χ1v) is 8.47. The molecule has 0 fully saturated rings. The quantitative estimate of drug-likeness (QED) is 0.594. The highest BCUT2D eigenvalue weighted by Gasteiger charge is 2.20. The van der Waals surface area contributed by atoms with Crippen molar-refractivity contribution < 1.29 is 9.53 Å². The summed E-state index contributed by atoms with van der Waals surface area (Å²) >= 11 is 10.4. The SMILES string of the molecule is O=C1NCCOc2ccc(C(Cl)c3csc(I)c3)cc21. The van der Waals surface area contributed by atoms with Crippen molar-refractivity contribution in [1.82, 2.24) is 5.32 Å². The first kappa shape index (κ1) is 14.2. The van der Waals surface area contributed by atoms with Gasteiger partial charge in [-0.1, -0.05) is 6.07 Å². The third-order valence-corrected chi connectivity index (χ3v) is 5.38. The highest BCUT2D eigenvalue weighted by Crippen LogP contribution is 2.34. The van der Waals surface area contributed by atoms with Crippen LogP contribution in [0.3, 0.4) is 0 Å². The molecule has 1 atom stereocenters. The molecule has 2 heterocycles. The standard InChI is InChI=1S/C14H11ClINO2S/c15-13(9-6-12(16)20-7-9)8-1-2-11-10(5-8)14(18)17-3-4-19-11/h1-2,5-7,13H,3-4H2,(H,17,18). The average Bonchev–Trinajstić information content (AvgIpc) is 2.80. The fourth-order valence-corrected chi connectivity index (χ4v) is 3.81. The highest BCUT2D eigenvalue weighted by molar-refractivity contribution is 14.1. The van der Waals surface area contributed by atoms with Crippen molar-refractivity contribution >= 4 is 51.4 Å². The zero-order valence-corrected chi connectivity index (χ0v) is 14.1. The van der Waals surface area contributed by atoms with E-state index in [9.17, 15) is 4.79 Å². The number of carbonyl (C=O) groups is 1. The molecular weight excluding hydrogens is 409 g/mol. The van der Waals surface area contributed by atoms with Crippen LogP contribution in [0, 0.1) is 2.88 Å². The van der Waals surface area contributed by atoms with Crippen molar-refractivity contribution in [3.8, 4) is 5.75 Å². The van der Waals surface area contributed by atoms with Crippen LogP contribution < -0.4 is 10.1 Å². The summed E-state index contributed by atoms with van der Waals surface area (Å²) in [6.45, 7) is 1.01. The molecule has 6 heteroatoms. The number of thiophene rings is 1. The topological polar surface area (TPSA) is 38.3 Å². The maximum Gasteiger partial charge on any atom is 0.255 e. The predicted octanol–water partition coefficient (Wildman–Crippen LogP) is 3.80. The minimum absolute atomic E-state index is 0.108.